The van der Waals surface area contributed by atoms with E-state index in [0.717, 1.165) is 81.2 Å². The van der Waals surface area contributed by atoms with E-state index < -0.39 is 12.4 Å². The average Bonchev–Trinajstić information content (AvgIpc) is 3.08. The van der Waals surface area contributed by atoms with Gasteiger partial charge in [0.1, 0.15) is 5.75 Å². The molecule has 1 saturated carbocycles. The molecule has 2 saturated heterocycles. The summed E-state index contributed by atoms with van der Waals surface area (Å²) in [4.78, 5) is 13.9. The van der Waals surface area contributed by atoms with Gasteiger partial charge in [-0.2, -0.15) is 0 Å². The van der Waals surface area contributed by atoms with E-state index in [9.17, 15) is 18.7 Å². The molecule has 190 valence electrons. The summed E-state index contributed by atoms with van der Waals surface area (Å²) in [6.07, 6.45) is 7.00. The molecule has 1 aliphatic carbocycles. The molecule has 3 aliphatic rings. The van der Waals surface area contributed by atoms with Gasteiger partial charge in [-0.1, -0.05) is 37.6 Å². The number of alkyl halides is 2. The molecule has 2 aliphatic heterocycles. The highest BCUT2D eigenvalue weighted by molar-refractivity contribution is 5.88. The van der Waals surface area contributed by atoms with Gasteiger partial charge in [-0.25, -0.2) is 8.78 Å². The van der Waals surface area contributed by atoms with Crippen molar-refractivity contribution in [3.8, 4) is 5.75 Å². The summed E-state index contributed by atoms with van der Waals surface area (Å²) in [6, 6.07) is 10.2. The van der Waals surface area contributed by atoms with Crippen LogP contribution in [-0.2, 0) is 11.2 Å². The number of benzene rings is 2. The molecule has 0 spiro atoms. The smallest absolute Gasteiger partial charge is 0.306 e. The summed E-state index contributed by atoms with van der Waals surface area (Å²) < 4.78 is 34.8. The number of rotatable bonds is 8. The summed E-state index contributed by atoms with van der Waals surface area (Å²) in [7, 11) is 0. The first kappa shape index (κ1) is 24.5. The second-order valence-electron chi connectivity index (χ2n) is 10.9. The number of hydrogen-bond donors (Lipinski definition) is 1. The van der Waals surface area contributed by atoms with Crippen LogP contribution in [0, 0.1) is 11.8 Å². The normalized spacial score (nSPS) is 29.1. The number of fused-ring (bicyclic) bond motifs is 3. The van der Waals surface area contributed by atoms with Gasteiger partial charge < -0.3 is 9.84 Å². The largest absolute Gasteiger partial charge is 0.490 e. The fraction of sp³-hybridized carbons (Fsp3) is 0.621. The van der Waals surface area contributed by atoms with E-state index in [1.807, 2.05) is 24.3 Å². The average molecular weight is 486 g/mol. The minimum Gasteiger partial charge on any atom is -0.490 e. The number of carboxylic acids is 1. The van der Waals surface area contributed by atoms with Gasteiger partial charge in [-0.3, -0.25) is 9.69 Å². The van der Waals surface area contributed by atoms with Crippen molar-refractivity contribution in [1.82, 2.24) is 4.90 Å². The Labute approximate surface area is 206 Å². The van der Waals surface area contributed by atoms with E-state index in [-0.39, 0.29) is 17.6 Å². The quantitative estimate of drug-likeness (QED) is 0.438. The van der Waals surface area contributed by atoms with Crippen LogP contribution in [-0.4, -0.2) is 40.7 Å². The van der Waals surface area contributed by atoms with Crippen molar-refractivity contribution in [1.29, 1.82) is 0 Å². The van der Waals surface area contributed by atoms with Gasteiger partial charge in [0.2, 0.25) is 0 Å². The number of halogens is 2. The summed E-state index contributed by atoms with van der Waals surface area (Å²) in [5.74, 6) is 0.160. The van der Waals surface area contributed by atoms with E-state index in [2.05, 4.69) is 11.8 Å². The van der Waals surface area contributed by atoms with Crippen molar-refractivity contribution in [2.45, 2.75) is 95.7 Å². The Morgan fingerprint density at radius 1 is 1.06 bits per heavy atom. The molecule has 4 nitrogen and oxygen atoms in total. The van der Waals surface area contributed by atoms with Gasteiger partial charge in [0.05, 0.1) is 17.6 Å². The van der Waals surface area contributed by atoms with Crippen LogP contribution >= 0.6 is 0 Å². The lowest BCUT2D eigenvalue weighted by Gasteiger charge is -2.37. The maximum Gasteiger partial charge on any atom is 0.306 e. The first-order valence-electron chi connectivity index (χ1n) is 13.4. The molecule has 1 N–H and O–H groups in total. The summed E-state index contributed by atoms with van der Waals surface area (Å²) in [5, 5.41) is 10.8. The Balaban J connectivity index is 1.31. The fourth-order valence-electron chi connectivity index (χ4n) is 6.79. The third-order valence-corrected chi connectivity index (χ3v) is 8.86. The number of piperidine rings is 1. The van der Waals surface area contributed by atoms with Crippen LogP contribution in [0.2, 0.25) is 0 Å². The molecule has 2 heterocycles. The van der Waals surface area contributed by atoms with E-state index in [0.29, 0.717) is 23.2 Å². The zero-order valence-electron chi connectivity index (χ0n) is 20.6. The van der Waals surface area contributed by atoms with Crippen molar-refractivity contribution in [2.75, 3.05) is 6.54 Å². The van der Waals surface area contributed by atoms with Gasteiger partial charge in [-0.05, 0) is 86.1 Å². The maximum absolute atomic E-state index is 14.3. The Bertz CT molecular complexity index is 1040. The molecule has 2 aromatic carbocycles. The Morgan fingerprint density at radius 3 is 2.37 bits per heavy atom. The van der Waals surface area contributed by atoms with Crippen molar-refractivity contribution in [3.63, 3.8) is 0 Å². The summed E-state index contributed by atoms with van der Waals surface area (Å²) in [6.45, 7) is 3.05. The van der Waals surface area contributed by atoms with Crippen LogP contribution in [0.4, 0.5) is 8.78 Å². The van der Waals surface area contributed by atoms with Gasteiger partial charge in [0.25, 0.3) is 6.43 Å². The van der Waals surface area contributed by atoms with E-state index >= 15 is 0 Å². The zero-order valence-corrected chi connectivity index (χ0v) is 20.6. The topological polar surface area (TPSA) is 49.8 Å². The first-order valence-corrected chi connectivity index (χ1v) is 13.4. The predicted octanol–water partition coefficient (Wildman–Crippen LogP) is 7.00. The van der Waals surface area contributed by atoms with Gasteiger partial charge in [-0.15, -0.1) is 0 Å². The molecule has 2 bridgehead atoms. The number of aliphatic carboxylic acids is 1. The van der Waals surface area contributed by atoms with Crippen LogP contribution in [0.1, 0.15) is 82.3 Å². The molecular weight excluding hydrogens is 448 g/mol. The Morgan fingerprint density at radius 2 is 1.74 bits per heavy atom. The fourth-order valence-corrected chi connectivity index (χ4v) is 6.79. The molecule has 0 radical (unpaired) electrons. The van der Waals surface area contributed by atoms with E-state index in [1.54, 1.807) is 6.07 Å². The molecule has 35 heavy (non-hydrogen) atoms. The van der Waals surface area contributed by atoms with Crippen LogP contribution < -0.4 is 4.74 Å². The van der Waals surface area contributed by atoms with Crippen molar-refractivity contribution in [3.05, 3.63) is 41.5 Å². The monoisotopic (exact) mass is 485 g/mol. The molecular formula is C29H37F2NO3. The number of nitrogens with zero attached hydrogens (tertiary/aromatic N) is 1. The minimum absolute atomic E-state index is 0.0140. The second kappa shape index (κ2) is 10.4. The highest BCUT2D eigenvalue weighted by Gasteiger charge is 2.42. The highest BCUT2D eigenvalue weighted by atomic mass is 19.3. The maximum atomic E-state index is 14.3. The lowest BCUT2D eigenvalue weighted by atomic mass is 9.86. The number of hydrogen-bond acceptors (Lipinski definition) is 3. The molecule has 6 heteroatoms. The molecule has 2 atom stereocenters. The predicted molar refractivity (Wildman–Crippen MR) is 133 cm³/mol. The molecule has 2 aromatic rings. The Hall–Kier alpha value is -2.21. The van der Waals surface area contributed by atoms with E-state index in [1.165, 1.54) is 6.42 Å². The number of ether oxygens (including phenoxy) is 1. The van der Waals surface area contributed by atoms with Crippen LogP contribution in [0.5, 0.6) is 5.75 Å². The standard InChI is InChI=1S/C29H37F2NO3/c1-2-18-4-10-24(11-5-18)35-26-12-7-20-6-3-19(15-25(20)27(26)28(30)31)13-14-32-22-8-9-23(32)17-21(16-22)29(33)34/h3,6-7,12,15,18,21-24,28H,2,4-5,8-11,13-14,16-17H2,1H3,(H,33,34). The van der Waals surface area contributed by atoms with Crippen LogP contribution in [0.25, 0.3) is 10.8 Å². The second-order valence-corrected chi connectivity index (χ2v) is 10.9. The summed E-state index contributed by atoms with van der Waals surface area (Å²) >= 11 is 0. The van der Waals surface area contributed by atoms with Crippen molar-refractivity contribution >= 4 is 16.7 Å². The molecule has 2 unspecified atom stereocenters. The van der Waals surface area contributed by atoms with Crippen LogP contribution in [0.15, 0.2) is 30.3 Å². The molecule has 0 amide bonds. The third kappa shape index (κ3) is 5.18. The number of carboxylic acid groups (broad SMARTS) is 1. The van der Waals surface area contributed by atoms with E-state index in [4.69, 9.17) is 4.74 Å². The first-order chi connectivity index (χ1) is 16.9. The van der Waals surface area contributed by atoms with Crippen molar-refractivity contribution < 1.29 is 23.4 Å². The molecule has 0 aromatic heterocycles. The Kier molecular flexibility index (Phi) is 7.29. The van der Waals surface area contributed by atoms with Gasteiger partial charge in [0, 0.05) is 18.6 Å². The lowest BCUT2D eigenvalue weighted by Crippen LogP contribution is -2.45. The minimum atomic E-state index is -2.60. The van der Waals surface area contributed by atoms with Gasteiger partial charge in [0.15, 0.2) is 0 Å². The van der Waals surface area contributed by atoms with Crippen molar-refractivity contribution in [2.24, 2.45) is 11.8 Å². The highest BCUT2D eigenvalue weighted by Crippen LogP contribution is 2.40. The SMILES string of the molecule is CCC1CCC(Oc2ccc3ccc(CCN4C5CCC4CC(C(=O)O)C5)cc3c2C(F)F)CC1. The van der Waals surface area contributed by atoms with Gasteiger partial charge >= 0.3 is 5.97 Å². The summed E-state index contributed by atoms with van der Waals surface area (Å²) in [5.41, 5.74) is 1.06. The number of carbonyl (C=O) groups is 1. The van der Waals surface area contributed by atoms with Crippen LogP contribution in [0.3, 0.4) is 0 Å². The lowest BCUT2D eigenvalue weighted by molar-refractivity contribution is -0.144. The molecule has 3 fully saturated rings. The zero-order chi connectivity index (χ0) is 24.5. The molecule has 5 rings (SSSR count). The third-order valence-electron chi connectivity index (χ3n) is 8.86.